The Morgan fingerprint density at radius 3 is 2.88 bits per heavy atom. The van der Waals surface area contributed by atoms with E-state index in [0.717, 1.165) is 11.3 Å². The molecule has 126 valence electrons. The minimum absolute atomic E-state index is 0.111. The number of fused-ring (bicyclic) bond motifs is 2. The molecule has 24 heavy (non-hydrogen) atoms. The smallest absolute Gasteiger partial charge is 0.255 e. The number of ether oxygens (including phenoxy) is 1. The second-order valence-electron chi connectivity index (χ2n) is 6.21. The molecule has 0 spiro atoms. The van der Waals surface area contributed by atoms with Gasteiger partial charge in [-0.05, 0) is 24.1 Å². The van der Waals surface area contributed by atoms with Gasteiger partial charge in [-0.3, -0.25) is 19.7 Å². The zero-order valence-corrected chi connectivity index (χ0v) is 12.9. The minimum Gasteiger partial charge on any atom is -0.484 e. The van der Waals surface area contributed by atoms with Crippen LogP contribution in [0.4, 0.5) is 5.69 Å². The van der Waals surface area contributed by atoms with Crippen LogP contribution in [0.3, 0.4) is 0 Å². The molecule has 1 aromatic carbocycles. The molecule has 1 aromatic rings. The number of imide groups is 1. The van der Waals surface area contributed by atoms with Crippen LogP contribution in [-0.4, -0.2) is 53.0 Å². The topological polar surface area (TPSA) is 108 Å². The SMILES string of the molecule is O=C1CC[C@H](N2Cc3cc4c(cc3C2=O)O[C@@H](CO)CN4)C(=O)N1. The van der Waals surface area contributed by atoms with Crippen LogP contribution in [0.1, 0.15) is 28.8 Å². The number of carbonyl (C=O) groups is 3. The van der Waals surface area contributed by atoms with Gasteiger partial charge in [0, 0.05) is 18.5 Å². The molecule has 0 aliphatic carbocycles. The molecule has 0 radical (unpaired) electrons. The maximum Gasteiger partial charge on any atom is 0.255 e. The zero-order chi connectivity index (χ0) is 16.8. The third-order valence-corrected chi connectivity index (χ3v) is 4.64. The number of hydrogen-bond acceptors (Lipinski definition) is 6. The molecule has 8 heteroatoms. The summed E-state index contributed by atoms with van der Waals surface area (Å²) in [6.07, 6.45) is 0.222. The highest BCUT2D eigenvalue weighted by Gasteiger charge is 2.40. The van der Waals surface area contributed by atoms with Gasteiger partial charge in [0.15, 0.2) is 0 Å². The number of hydrogen-bond donors (Lipinski definition) is 3. The van der Waals surface area contributed by atoms with Crippen LogP contribution in [0.15, 0.2) is 12.1 Å². The van der Waals surface area contributed by atoms with Crippen LogP contribution in [0.25, 0.3) is 0 Å². The molecule has 8 nitrogen and oxygen atoms in total. The van der Waals surface area contributed by atoms with E-state index in [1.807, 2.05) is 6.07 Å². The summed E-state index contributed by atoms with van der Waals surface area (Å²) in [5.74, 6) is -0.440. The largest absolute Gasteiger partial charge is 0.484 e. The van der Waals surface area contributed by atoms with Gasteiger partial charge >= 0.3 is 0 Å². The average Bonchev–Trinajstić information content (AvgIpc) is 2.88. The fourth-order valence-electron chi connectivity index (χ4n) is 3.38. The molecule has 1 fully saturated rings. The standard InChI is InChI=1S/C16H17N3O5/c20-7-9-5-17-11-3-8-6-19(12-1-2-14(21)18-15(12)22)16(23)10(8)4-13(11)24-9/h3-4,9,12,17,20H,1-2,5-7H2,(H,18,21,22)/t9-,12+/m1/s1. The van der Waals surface area contributed by atoms with Gasteiger partial charge in [-0.25, -0.2) is 0 Å². The molecule has 4 rings (SSSR count). The Kier molecular flexibility index (Phi) is 3.42. The van der Waals surface area contributed by atoms with Crippen molar-refractivity contribution in [2.75, 3.05) is 18.5 Å². The summed E-state index contributed by atoms with van der Waals surface area (Å²) >= 11 is 0. The van der Waals surface area contributed by atoms with E-state index in [1.54, 1.807) is 6.07 Å². The normalized spacial score (nSPS) is 25.5. The number of amides is 3. The molecule has 0 bridgehead atoms. The van der Waals surface area contributed by atoms with Crippen molar-refractivity contribution in [3.8, 4) is 5.75 Å². The third kappa shape index (κ3) is 2.30. The van der Waals surface area contributed by atoms with E-state index < -0.39 is 11.9 Å². The van der Waals surface area contributed by atoms with Crippen molar-refractivity contribution in [1.29, 1.82) is 0 Å². The highest BCUT2D eigenvalue weighted by atomic mass is 16.5. The highest BCUT2D eigenvalue weighted by Crippen LogP contribution is 2.37. The molecule has 3 aliphatic heterocycles. The van der Waals surface area contributed by atoms with E-state index in [0.29, 0.717) is 30.8 Å². The van der Waals surface area contributed by atoms with E-state index in [2.05, 4.69) is 10.6 Å². The lowest BCUT2D eigenvalue weighted by Gasteiger charge is -2.29. The molecule has 0 aromatic heterocycles. The molecule has 0 unspecified atom stereocenters. The van der Waals surface area contributed by atoms with Crippen molar-refractivity contribution in [3.63, 3.8) is 0 Å². The van der Waals surface area contributed by atoms with E-state index in [1.165, 1.54) is 4.90 Å². The predicted octanol–water partition coefficient (Wildman–Crippen LogP) is -0.387. The van der Waals surface area contributed by atoms with Crippen molar-refractivity contribution < 1.29 is 24.2 Å². The Morgan fingerprint density at radius 2 is 2.12 bits per heavy atom. The summed E-state index contributed by atoms with van der Waals surface area (Å²) in [6.45, 7) is 0.714. The summed E-state index contributed by atoms with van der Waals surface area (Å²) in [7, 11) is 0. The zero-order valence-electron chi connectivity index (χ0n) is 12.9. The second-order valence-corrected chi connectivity index (χ2v) is 6.21. The number of nitrogens with one attached hydrogen (secondary N) is 2. The van der Waals surface area contributed by atoms with Gasteiger partial charge in [-0.2, -0.15) is 0 Å². The van der Waals surface area contributed by atoms with Crippen molar-refractivity contribution in [1.82, 2.24) is 10.2 Å². The molecule has 0 saturated carbocycles. The second kappa shape index (κ2) is 5.48. The fourth-order valence-corrected chi connectivity index (χ4v) is 3.38. The van der Waals surface area contributed by atoms with Crippen molar-refractivity contribution >= 4 is 23.4 Å². The van der Waals surface area contributed by atoms with Gasteiger partial charge in [0.1, 0.15) is 17.9 Å². The molecule has 3 N–H and O–H groups in total. The number of aliphatic hydroxyl groups is 1. The lowest BCUT2D eigenvalue weighted by atomic mass is 10.0. The average molecular weight is 331 g/mol. The van der Waals surface area contributed by atoms with E-state index >= 15 is 0 Å². The predicted molar refractivity (Wildman–Crippen MR) is 82.5 cm³/mol. The summed E-state index contributed by atoms with van der Waals surface area (Å²) in [5, 5.41) is 14.7. The van der Waals surface area contributed by atoms with Crippen molar-refractivity contribution in [2.24, 2.45) is 0 Å². The third-order valence-electron chi connectivity index (χ3n) is 4.64. The summed E-state index contributed by atoms with van der Waals surface area (Å²) in [5.41, 5.74) is 2.09. The summed E-state index contributed by atoms with van der Waals surface area (Å²) < 4.78 is 5.66. The minimum atomic E-state index is -0.626. The maximum absolute atomic E-state index is 12.7. The van der Waals surface area contributed by atoms with E-state index in [-0.39, 0.29) is 30.9 Å². The van der Waals surface area contributed by atoms with E-state index in [4.69, 9.17) is 4.74 Å². The van der Waals surface area contributed by atoms with Crippen molar-refractivity contribution in [3.05, 3.63) is 23.3 Å². The number of anilines is 1. The van der Waals surface area contributed by atoms with Crippen LogP contribution in [0.5, 0.6) is 5.75 Å². The first-order chi connectivity index (χ1) is 11.6. The van der Waals surface area contributed by atoms with Crippen LogP contribution in [-0.2, 0) is 16.1 Å². The Morgan fingerprint density at radius 1 is 1.29 bits per heavy atom. The monoisotopic (exact) mass is 331 g/mol. The lowest BCUT2D eigenvalue weighted by Crippen LogP contribution is -2.52. The fraction of sp³-hybridized carbons (Fsp3) is 0.438. The number of nitrogens with zero attached hydrogens (tertiary/aromatic N) is 1. The Labute approximate surface area is 137 Å². The molecule has 2 atom stereocenters. The van der Waals surface area contributed by atoms with Crippen LogP contribution in [0.2, 0.25) is 0 Å². The molecular formula is C16H17N3O5. The van der Waals surface area contributed by atoms with Gasteiger partial charge in [0.05, 0.1) is 18.8 Å². The van der Waals surface area contributed by atoms with Gasteiger partial charge < -0.3 is 20.1 Å². The van der Waals surface area contributed by atoms with E-state index in [9.17, 15) is 19.5 Å². The first kappa shape index (κ1) is 14.9. The number of aliphatic hydroxyl groups excluding tert-OH is 1. The molecular weight excluding hydrogens is 314 g/mol. The van der Waals surface area contributed by atoms with Crippen LogP contribution in [0, 0.1) is 0 Å². The Balaban J connectivity index is 1.61. The van der Waals surface area contributed by atoms with Crippen LogP contribution >= 0.6 is 0 Å². The number of piperidine rings is 1. The van der Waals surface area contributed by atoms with Crippen molar-refractivity contribution in [2.45, 2.75) is 31.5 Å². The molecule has 3 amide bonds. The lowest BCUT2D eigenvalue weighted by molar-refractivity contribution is -0.136. The summed E-state index contributed by atoms with van der Waals surface area (Å²) in [6, 6.07) is 2.88. The Bertz CT molecular complexity index is 747. The molecule has 3 heterocycles. The van der Waals surface area contributed by atoms with Gasteiger partial charge in [0.25, 0.3) is 5.91 Å². The Hall–Kier alpha value is -2.61. The van der Waals surface area contributed by atoms with Gasteiger partial charge in [-0.1, -0.05) is 0 Å². The molecule has 1 saturated heterocycles. The summed E-state index contributed by atoms with van der Waals surface area (Å²) in [4.78, 5) is 37.5. The highest BCUT2D eigenvalue weighted by molar-refractivity contribution is 6.05. The quantitative estimate of drug-likeness (QED) is 0.637. The number of benzene rings is 1. The first-order valence-corrected chi connectivity index (χ1v) is 7.90. The number of rotatable bonds is 2. The maximum atomic E-state index is 12.7. The van der Waals surface area contributed by atoms with Crippen LogP contribution < -0.4 is 15.4 Å². The first-order valence-electron chi connectivity index (χ1n) is 7.90. The number of carbonyl (C=O) groups excluding carboxylic acids is 3. The van der Waals surface area contributed by atoms with Gasteiger partial charge in [0.2, 0.25) is 11.8 Å². The van der Waals surface area contributed by atoms with Gasteiger partial charge in [-0.15, -0.1) is 0 Å². The molecule has 3 aliphatic rings.